The van der Waals surface area contributed by atoms with Gasteiger partial charge in [-0.25, -0.2) is 0 Å². The second-order valence-electron chi connectivity index (χ2n) is 6.18. The van der Waals surface area contributed by atoms with E-state index in [1.54, 1.807) is 12.1 Å². The fourth-order valence-electron chi connectivity index (χ4n) is 3.82. The minimum Gasteiger partial charge on any atom is -0.507 e. The lowest BCUT2D eigenvalue weighted by Gasteiger charge is -2.24. The molecule has 0 bridgehead atoms. The lowest BCUT2D eigenvalue weighted by molar-refractivity contribution is 0.0472. The normalized spacial score (nSPS) is 20.6. The molecule has 0 saturated heterocycles. The smallest absolute Gasteiger partial charge is 0.123 e. The Balaban J connectivity index is 2.05. The van der Waals surface area contributed by atoms with Gasteiger partial charge < -0.3 is 15.3 Å². The maximum absolute atomic E-state index is 10.3. The first-order valence-corrected chi connectivity index (χ1v) is 7.63. The molecule has 23 heavy (non-hydrogen) atoms. The molecule has 0 unspecified atom stereocenters. The molecular weight excluding hydrogens is 288 g/mol. The SMILES string of the molecule is Oc1ccc2ccc3c4c(cc5ccc1c2c53)[C@H](O)[C@@H](O)C=C4. The van der Waals surface area contributed by atoms with E-state index in [-0.39, 0.29) is 5.75 Å². The van der Waals surface area contributed by atoms with Gasteiger partial charge in [0.1, 0.15) is 18.0 Å². The van der Waals surface area contributed by atoms with Gasteiger partial charge in [0, 0.05) is 10.8 Å². The number of aliphatic hydroxyl groups excluding tert-OH is 2. The molecule has 4 aromatic carbocycles. The summed E-state index contributed by atoms with van der Waals surface area (Å²) in [7, 11) is 0. The topological polar surface area (TPSA) is 60.7 Å². The summed E-state index contributed by atoms with van der Waals surface area (Å²) in [5.41, 5.74) is 1.68. The van der Waals surface area contributed by atoms with Crippen molar-refractivity contribution in [1.82, 2.24) is 0 Å². The first-order valence-electron chi connectivity index (χ1n) is 7.63. The molecule has 4 aromatic rings. The molecule has 0 aliphatic heterocycles. The number of benzene rings is 4. The van der Waals surface area contributed by atoms with Crippen LogP contribution in [0.3, 0.4) is 0 Å². The first kappa shape index (κ1) is 12.9. The van der Waals surface area contributed by atoms with Gasteiger partial charge in [-0.2, -0.15) is 0 Å². The molecule has 3 N–H and O–H groups in total. The third-order valence-electron chi connectivity index (χ3n) is 4.94. The molecule has 0 amide bonds. The van der Waals surface area contributed by atoms with Gasteiger partial charge in [0.15, 0.2) is 0 Å². The fraction of sp³-hybridized carbons (Fsp3) is 0.100. The Morgan fingerprint density at radius 1 is 0.783 bits per heavy atom. The van der Waals surface area contributed by atoms with Crippen LogP contribution in [0.4, 0.5) is 0 Å². The number of aromatic hydroxyl groups is 1. The largest absolute Gasteiger partial charge is 0.507 e. The summed E-state index contributed by atoms with van der Waals surface area (Å²) >= 11 is 0. The highest BCUT2D eigenvalue weighted by molar-refractivity contribution is 6.25. The van der Waals surface area contributed by atoms with E-state index in [9.17, 15) is 15.3 Å². The van der Waals surface area contributed by atoms with Crippen molar-refractivity contribution in [2.45, 2.75) is 12.2 Å². The summed E-state index contributed by atoms with van der Waals surface area (Å²) in [5, 5.41) is 36.5. The zero-order valence-corrected chi connectivity index (χ0v) is 12.2. The van der Waals surface area contributed by atoms with Crippen molar-refractivity contribution < 1.29 is 15.3 Å². The lowest BCUT2D eigenvalue weighted by Crippen LogP contribution is -2.19. The van der Waals surface area contributed by atoms with Crippen LogP contribution in [0.25, 0.3) is 38.4 Å². The Morgan fingerprint density at radius 3 is 2.35 bits per heavy atom. The predicted molar refractivity (Wildman–Crippen MR) is 91.8 cm³/mol. The van der Waals surface area contributed by atoms with E-state index in [0.717, 1.165) is 43.4 Å². The maximum atomic E-state index is 10.3. The zero-order chi connectivity index (χ0) is 15.7. The van der Waals surface area contributed by atoms with Crippen LogP contribution < -0.4 is 0 Å². The number of rotatable bonds is 0. The monoisotopic (exact) mass is 302 g/mol. The van der Waals surface area contributed by atoms with Crippen molar-refractivity contribution in [3.05, 3.63) is 59.7 Å². The van der Waals surface area contributed by atoms with Gasteiger partial charge in [-0.05, 0) is 44.8 Å². The summed E-state index contributed by atoms with van der Waals surface area (Å²) in [5.74, 6) is 0.274. The lowest BCUT2D eigenvalue weighted by atomic mass is 9.84. The van der Waals surface area contributed by atoms with E-state index in [2.05, 4.69) is 6.07 Å². The molecule has 3 heteroatoms. The summed E-state index contributed by atoms with van der Waals surface area (Å²) in [6, 6.07) is 13.5. The predicted octanol–water partition coefficient (Wildman–Crippen LogP) is 3.71. The Kier molecular flexibility index (Phi) is 2.36. The van der Waals surface area contributed by atoms with Crippen molar-refractivity contribution in [2.24, 2.45) is 0 Å². The number of aliphatic hydroxyl groups is 2. The van der Waals surface area contributed by atoms with Crippen molar-refractivity contribution >= 4 is 38.4 Å². The summed E-state index contributed by atoms with van der Waals surface area (Å²) in [4.78, 5) is 0. The van der Waals surface area contributed by atoms with E-state index in [0.29, 0.717) is 0 Å². The number of phenols is 1. The minimum atomic E-state index is -0.912. The van der Waals surface area contributed by atoms with Crippen LogP contribution in [0, 0.1) is 0 Å². The van der Waals surface area contributed by atoms with E-state index < -0.39 is 12.2 Å². The Morgan fingerprint density at radius 2 is 1.48 bits per heavy atom. The molecule has 0 heterocycles. The van der Waals surface area contributed by atoms with Gasteiger partial charge in [0.25, 0.3) is 0 Å². The number of phenolic OH excluding ortho intramolecular Hbond substituents is 1. The van der Waals surface area contributed by atoms with Gasteiger partial charge in [-0.15, -0.1) is 0 Å². The van der Waals surface area contributed by atoms with Gasteiger partial charge >= 0.3 is 0 Å². The van der Waals surface area contributed by atoms with Gasteiger partial charge in [-0.1, -0.05) is 42.5 Å². The summed E-state index contributed by atoms with van der Waals surface area (Å²) in [6.07, 6.45) is 1.71. The Bertz CT molecular complexity index is 1110. The molecule has 0 saturated carbocycles. The molecule has 1 aliphatic rings. The van der Waals surface area contributed by atoms with Crippen molar-refractivity contribution in [3.63, 3.8) is 0 Å². The average molecular weight is 302 g/mol. The number of hydrogen-bond acceptors (Lipinski definition) is 3. The highest BCUT2D eigenvalue weighted by Gasteiger charge is 2.25. The molecule has 0 radical (unpaired) electrons. The van der Waals surface area contributed by atoms with Gasteiger partial charge in [0.2, 0.25) is 0 Å². The molecular formula is C20H14O3. The Labute approximate surface area is 132 Å². The van der Waals surface area contributed by atoms with Crippen LogP contribution in [0.15, 0.2) is 48.5 Å². The van der Waals surface area contributed by atoms with Crippen LogP contribution in [-0.4, -0.2) is 21.4 Å². The van der Waals surface area contributed by atoms with E-state index >= 15 is 0 Å². The second-order valence-corrected chi connectivity index (χ2v) is 6.18. The third kappa shape index (κ3) is 1.55. The molecule has 2 atom stereocenters. The van der Waals surface area contributed by atoms with Crippen molar-refractivity contribution in [3.8, 4) is 5.75 Å². The highest BCUT2D eigenvalue weighted by Crippen LogP contribution is 2.43. The molecule has 5 rings (SSSR count). The molecule has 1 aliphatic carbocycles. The van der Waals surface area contributed by atoms with Crippen LogP contribution in [-0.2, 0) is 0 Å². The quantitative estimate of drug-likeness (QED) is 0.434. The van der Waals surface area contributed by atoms with Crippen molar-refractivity contribution in [1.29, 1.82) is 0 Å². The molecule has 0 spiro atoms. The van der Waals surface area contributed by atoms with Gasteiger partial charge in [-0.3, -0.25) is 0 Å². The second kappa shape index (κ2) is 4.22. The summed E-state index contributed by atoms with van der Waals surface area (Å²) in [6.45, 7) is 0. The van der Waals surface area contributed by atoms with Crippen molar-refractivity contribution in [2.75, 3.05) is 0 Å². The molecule has 0 aromatic heterocycles. The summed E-state index contributed by atoms with van der Waals surface area (Å²) < 4.78 is 0. The molecule has 3 nitrogen and oxygen atoms in total. The van der Waals surface area contributed by atoms with Crippen LogP contribution in [0.1, 0.15) is 17.2 Å². The van der Waals surface area contributed by atoms with E-state index in [4.69, 9.17) is 0 Å². The third-order valence-corrected chi connectivity index (χ3v) is 4.94. The average Bonchev–Trinajstić information content (AvgIpc) is 2.57. The standard InChI is InChI=1S/C20H14O3/c21-16-7-3-10-1-4-13-12-6-8-17(22)20(23)15(12)9-11-2-5-14(16)18(10)19(11)13/h1-9,17,20-23H/t17-,20-/m0/s1. The van der Waals surface area contributed by atoms with Crippen LogP contribution >= 0.6 is 0 Å². The number of fused-ring (bicyclic) bond motifs is 2. The van der Waals surface area contributed by atoms with Crippen LogP contribution in [0.2, 0.25) is 0 Å². The molecule has 0 fully saturated rings. The van der Waals surface area contributed by atoms with E-state index in [1.807, 2.05) is 36.4 Å². The fourth-order valence-corrected chi connectivity index (χ4v) is 3.82. The van der Waals surface area contributed by atoms with Crippen LogP contribution in [0.5, 0.6) is 5.75 Å². The zero-order valence-electron chi connectivity index (χ0n) is 12.2. The molecule has 112 valence electrons. The Hall–Kier alpha value is -2.62. The number of hydrogen-bond donors (Lipinski definition) is 3. The van der Waals surface area contributed by atoms with E-state index in [1.165, 1.54) is 0 Å². The first-order chi connectivity index (χ1) is 11.1. The highest BCUT2D eigenvalue weighted by atomic mass is 16.3. The van der Waals surface area contributed by atoms with Gasteiger partial charge in [0.05, 0.1) is 0 Å². The maximum Gasteiger partial charge on any atom is 0.123 e. The minimum absolute atomic E-state index is 0.274.